The zero-order valence-corrected chi connectivity index (χ0v) is 10.7. The number of rotatable bonds is 6. The van der Waals surface area contributed by atoms with Crippen LogP contribution in [0, 0.1) is 18.8 Å². The summed E-state index contributed by atoms with van der Waals surface area (Å²) < 4.78 is 6.73. The fourth-order valence-electron chi connectivity index (χ4n) is 2.14. The molecular formula is C12H18N2O5. The standard InChI is InChI=1S/C12H18N2O5/c1-7-3-14(12(18)13-11(7)17)6-19-10(5-16)9-2-8(9)4-15/h3,8-10,15-16H,2,4-6H2,1H3,(H,13,17,18)/t8-,9+,10?/m1/s1. The molecule has 1 unspecified atom stereocenters. The van der Waals surface area contributed by atoms with Gasteiger partial charge in [0.25, 0.3) is 5.56 Å². The lowest BCUT2D eigenvalue weighted by Crippen LogP contribution is -2.33. The number of H-pyrrole nitrogens is 1. The van der Waals surface area contributed by atoms with Crippen molar-refractivity contribution in [1.29, 1.82) is 0 Å². The van der Waals surface area contributed by atoms with E-state index in [9.17, 15) is 14.7 Å². The lowest BCUT2D eigenvalue weighted by atomic mass is 10.2. The molecular weight excluding hydrogens is 252 g/mol. The monoisotopic (exact) mass is 270 g/mol. The summed E-state index contributed by atoms with van der Waals surface area (Å²) in [5, 5.41) is 18.2. The van der Waals surface area contributed by atoms with Crippen molar-refractivity contribution in [1.82, 2.24) is 9.55 Å². The molecule has 1 aliphatic rings. The first-order valence-electron chi connectivity index (χ1n) is 6.20. The van der Waals surface area contributed by atoms with Crippen LogP contribution in [-0.4, -0.2) is 39.1 Å². The van der Waals surface area contributed by atoms with Crippen molar-refractivity contribution in [2.24, 2.45) is 11.8 Å². The van der Waals surface area contributed by atoms with Crippen LogP contribution in [-0.2, 0) is 11.5 Å². The maximum Gasteiger partial charge on any atom is 0.330 e. The smallest absolute Gasteiger partial charge is 0.330 e. The highest BCUT2D eigenvalue weighted by Crippen LogP contribution is 2.41. The fraction of sp³-hybridized carbons (Fsp3) is 0.667. The van der Waals surface area contributed by atoms with Crippen LogP contribution >= 0.6 is 0 Å². The summed E-state index contributed by atoms with van der Waals surface area (Å²) in [5.41, 5.74) is -0.535. The molecule has 1 aromatic rings. The van der Waals surface area contributed by atoms with Gasteiger partial charge in [-0.25, -0.2) is 4.79 Å². The van der Waals surface area contributed by atoms with Crippen LogP contribution < -0.4 is 11.2 Å². The van der Waals surface area contributed by atoms with E-state index in [4.69, 9.17) is 9.84 Å². The Morgan fingerprint density at radius 1 is 1.53 bits per heavy atom. The highest BCUT2D eigenvalue weighted by atomic mass is 16.5. The average Bonchev–Trinajstić information content (AvgIpc) is 3.15. The summed E-state index contributed by atoms with van der Waals surface area (Å²) in [6.07, 6.45) is 1.85. The van der Waals surface area contributed by atoms with E-state index in [2.05, 4.69) is 4.98 Å². The van der Waals surface area contributed by atoms with E-state index in [0.717, 1.165) is 6.42 Å². The first-order valence-corrected chi connectivity index (χ1v) is 6.20. The molecule has 7 heteroatoms. The predicted molar refractivity (Wildman–Crippen MR) is 66.7 cm³/mol. The number of hydrogen-bond donors (Lipinski definition) is 3. The number of aliphatic hydroxyl groups excluding tert-OH is 2. The Bertz CT molecular complexity index is 550. The summed E-state index contributed by atoms with van der Waals surface area (Å²) in [4.78, 5) is 24.9. The van der Waals surface area contributed by atoms with Gasteiger partial charge in [0, 0.05) is 18.4 Å². The van der Waals surface area contributed by atoms with E-state index < -0.39 is 17.4 Å². The zero-order valence-electron chi connectivity index (χ0n) is 10.7. The van der Waals surface area contributed by atoms with Crippen LogP contribution in [0.15, 0.2) is 15.8 Å². The lowest BCUT2D eigenvalue weighted by Gasteiger charge is -2.16. The van der Waals surface area contributed by atoms with Crippen LogP contribution in [0.25, 0.3) is 0 Å². The average molecular weight is 270 g/mol. The van der Waals surface area contributed by atoms with Gasteiger partial charge < -0.3 is 14.9 Å². The van der Waals surface area contributed by atoms with Crippen LogP contribution in [0.5, 0.6) is 0 Å². The van der Waals surface area contributed by atoms with Crippen LogP contribution in [0.4, 0.5) is 0 Å². The van der Waals surface area contributed by atoms with Gasteiger partial charge >= 0.3 is 5.69 Å². The molecule has 1 fully saturated rings. The molecule has 1 saturated carbocycles. The third-order valence-electron chi connectivity index (χ3n) is 3.49. The zero-order chi connectivity index (χ0) is 14.0. The fourth-order valence-corrected chi connectivity index (χ4v) is 2.14. The molecule has 0 radical (unpaired) electrons. The van der Waals surface area contributed by atoms with Crippen molar-refractivity contribution >= 4 is 0 Å². The molecule has 3 N–H and O–H groups in total. The summed E-state index contributed by atoms with van der Waals surface area (Å²) in [5.74, 6) is 0.306. The largest absolute Gasteiger partial charge is 0.396 e. The molecule has 0 spiro atoms. The molecule has 2 rings (SSSR count). The molecule has 1 heterocycles. The van der Waals surface area contributed by atoms with Gasteiger partial charge in [-0.3, -0.25) is 14.3 Å². The van der Waals surface area contributed by atoms with Crippen molar-refractivity contribution < 1.29 is 14.9 Å². The lowest BCUT2D eigenvalue weighted by molar-refractivity contribution is -0.0409. The molecule has 19 heavy (non-hydrogen) atoms. The van der Waals surface area contributed by atoms with E-state index in [1.54, 1.807) is 6.92 Å². The Labute approximate surface area is 109 Å². The minimum atomic E-state index is -0.540. The number of ether oxygens (including phenoxy) is 1. The van der Waals surface area contributed by atoms with Crippen LogP contribution in [0.3, 0.4) is 0 Å². The van der Waals surface area contributed by atoms with Gasteiger partial charge in [-0.15, -0.1) is 0 Å². The normalized spacial score (nSPS) is 23.3. The highest BCUT2D eigenvalue weighted by molar-refractivity contribution is 5.00. The molecule has 0 aliphatic heterocycles. The highest BCUT2D eigenvalue weighted by Gasteiger charge is 2.42. The quantitative estimate of drug-likeness (QED) is 0.603. The summed E-state index contributed by atoms with van der Waals surface area (Å²) in [6.45, 7) is 1.50. The Morgan fingerprint density at radius 2 is 2.26 bits per heavy atom. The van der Waals surface area contributed by atoms with Gasteiger partial charge in [0.15, 0.2) is 0 Å². The second-order valence-corrected chi connectivity index (χ2v) is 4.90. The summed E-state index contributed by atoms with van der Waals surface area (Å²) >= 11 is 0. The van der Waals surface area contributed by atoms with E-state index in [1.165, 1.54) is 10.8 Å². The number of nitrogens with one attached hydrogen (secondary N) is 1. The maximum absolute atomic E-state index is 11.5. The van der Waals surface area contributed by atoms with E-state index >= 15 is 0 Å². The first-order chi connectivity index (χ1) is 9.06. The predicted octanol–water partition coefficient (Wildman–Crippen LogP) is -1.19. The molecule has 0 aromatic carbocycles. The van der Waals surface area contributed by atoms with Crippen molar-refractivity contribution in [3.8, 4) is 0 Å². The van der Waals surface area contributed by atoms with Gasteiger partial charge in [0.2, 0.25) is 0 Å². The number of hydrogen-bond acceptors (Lipinski definition) is 5. The van der Waals surface area contributed by atoms with Crippen molar-refractivity contribution in [3.63, 3.8) is 0 Å². The van der Waals surface area contributed by atoms with Gasteiger partial charge in [0.1, 0.15) is 6.73 Å². The van der Waals surface area contributed by atoms with Crippen molar-refractivity contribution in [2.75, 3.05) is 13.2 Å². The number of aromatic amines is 1. The van der Waals surface area contributed by atoms with Crippen LogP contribution in [0.2, 0.25) is 0 Å². The van der Waals surface area contributed by atoms with E-state index in [0.29, 0.717) is 5.56 Å². The number of aromatic nitrogens is 2. The molecule has 1 aliphatic carbocycles. The van der Waals surface area contributed by atoms with Gasteiger partial charge in [-0.2, -0.15) is 0 Å². The van der Waals surface area contributed by atoms with Gasteiger partial charge in [-0.05, 0) is 25.2 Å². The number of aryl methyl sites for hydroxylation is 1. The van der Waals surface area contributed by atoms with E-state index in [-0.39, 0.29) is 31.8 Å². The Morgan fingerprint density at radius 3 is 2.84 bits per heavy atom. The Hall–Kier alpha value is -1.44. The third-order valence-corrected chi connectivity index (χ3v) is 3.49. The minimum Gasteiger partial charge on any atom is -0.396 e. The SMILES string of the molecule is Cc1cn(COC(CO)[C@H]2C[C@@H]2CO)c(=O)[nH]c1=O. The molecule has 1 aromatic heterocycles. The summed E-state index contributed by atoms with van der Waals surface area (Å²) in [7, 11) is 0. The van der Waals surface area contributed by atoms with Crippen molar-refractivity contribution in [2.45, 2.75) is 26.2 Å². The second kappa shape index (κ2) is 5.68. The number of aliphatic hydroxyl groups is 2. The second-order valence-electron chi connectivity index (χ2n) is 4.90. The van der Waals surface area contributed by atoms with Crippen molar-refractivity contribution in [3.05, 3.63) is 32.6 Å². The maximum atomic E-state index is 11.5. The van der Waals surface area contributed by atoms with E-state index in [1.807, 2.05) is 0 Å². The minimum absolute atomic E-state index is 0.0314. The molecule has 0 bridgehead atoms. The molecule has 106 valence electrons. The number of nitrogens with zero attached hydrogens (tertiary/aromatic N) is 1. The van der Waals surface area contributed by atoms with Crippen LogP contribution in [0.1, 0.15) is 12.0 Å². The van der Waals surface area contributed by atoms with Gasteiger partial charge in [-0.1, -0.05) is 0 Å². The molecule has 0 amide bonds. The Kier molecular flexibility index (Phi) is 4.18. The topological polar surface area (TPSA) is 105 Å². The Balaban J connectivity index is 2.00. The molecule has 7 nitrogen and oxygen atoms in total. The molecule has 3 atom stereocenters. The summed E-state index contributed by atoms with van der Waals surface area (Å²) in [6, 6.07) is 0. The third kappa shape index (κ3) is 3.12. The molecule has 0 saturated heterocycles. The first kappa shape index (κ1) is 14.0. The van der Waals surface area contributed by atoms with Gasteiger partial charge in [0.05, 0.1) is 12.7 Å².